The fraction of sp³-hybridized carbons (Fsp3) is 0.0417. The van der Waals surface area contributed by atoms with Crippen LogP contribution in [0, 0.1) is 0 Å². The summed E-state index contributed by atoms with van der Waals surface area (Å²) in [5.41, 5.74) is 2.33. The van der Waals surface area contributed by atoms with Gasteiger partial charge in [-0.05, 0) is 72.3 Å². The van der Waals surface area contributed by atoms with E-state index in [1.807, 2.05) is 0 Å². The van der Waals surface area contributed by atoms with Crippen molar-refractivity contribution >= 4 is 12.2 Å². The van der Waals surface area contributed by atoms with Crippen molar-refractivity contribution in [2.24, 2.45) is 0 Å². The van der Waals surface area contributed by atoms with Gasteiger partial charge >= 0.3 is 6.18 Å². The monoisotopic (exact) mass is 423 g/mol. The van der Waals surface area contributed by atoms with Gasteiger partial charge in [-0.1, -0.05) is 23.4 Å². The smallest absolute Gasteiger partial charge is 0.416 e. The molecule has 1 aromatic heterocycles. The molecule has 4 aromatic rings. The van der Waals surface area contributed by atoms with Crippen molar-refractivity contribution in [3.05, 3.63) is 89.5 Å². The summed E-state index contributed by atoms with van der Waals surface area (Å²) in [5, 5.41) is 23.3. The fourth-order valence-corrected chi connectivity index (χ4v) is 3.06. The molecular weight excluding hydrogens is 407 g/mol. The van der Waals surface area contributed by atoms with Gasteiger partial charge in [-0.25, -0.2) is 0 Å². The van der Waals surface area contributed by atoms with E-state index in [1.165, 1.54) is 36.4 Å². The molecular formula is C24H16F3NO3. The number of aromatic nitrogens is 1. The van der Waals surface area contributed by atoms with E-state index in [2.05, 4.69) is 5.16 Å². The Balaban J connectivity index is 1.76. The Bertz CT molecular complexity index is 1140. The third kappa shape index (κ3) is 4.45. The summed E-state index contributed by atoms with van der Waals surface area (Å²) in [5.74, 6) is 0.642. The van der Waals surface area contributed by atoms with Gasteiger partial charge in [-0.3, -0.25) is 0 Å². The lowest BCUT2D eigenvalue weighted by Crippen LogP contribution is -2.03. The zero-order chi connectivity index (χ0) is 22.0. The first kappa shape index (κ1) is 20.3. The molecule has 0 atom stereocenters. The van der Waals surface area contributed by atoms with Gasteiger partial charge < -0.3 is 14.7 Å². The predicted octanol–water partition coefficient (Wildman–Crippen LogP) is 6.61. The Hall–Kier alpha value is -4.00. The number of nitrogens with zero attached hydrogens (tertiary/aromatic N) is 1. The molecule has 0 aliphatic rings. The number of hydrogen-bond acceptors (Lipinski definition) is 4. The molecule has 0 bridgehead atoms. The Morgan fingerprint density at radius 3 is 1.81 bits per heavy atom. The minimum absolute atomic E-state index is 0.101. The molecule has 3 aromatic carbocycles. The van der Waals surface area contributed by atoms with Crippen molar-refractivity contribution in [1.29, 1.82) is 0 Å². The lowest BCUT2D eigenvalue weighted by molar-refractivity contribution is -0.137. The van der Waals surface area contributed by atoms with Gasteiger partial charge in [-0.2, -0.15) is 13.2 Å². The second-order valence-corrected chi connectivity index (χ2v) is 6.82. The molecule has 0 radical (unpaired) electrons. The minimum atomic E-state index is -4.39. The van der Waals surface area contributed by atoms with E-state index in [4.69, 9.17) is 4.52 Å². The number of phenolic OH excluding ortho intramolecular Hbond substituents is 2. The molecule has 0 unspecified atom stereocenters. The maximum Gasteiger partial charge on any atom is 0.416 e. The Morgan fingerprint density at radius 2 is 1.26 bits per heavy atom. The molecule has 0 spiro atoms. The summed E-state index contributed by atoms with van der Waals surface area (Å²) < 4.78 is 43.9. The molecule has 4 nitrogen and oxygen atoms in total. The minimum Gasteiger partial charge on any atom is -0.508 e. The molecule has 31 heavy (non-hydrogen) atoms. The largest absolute Gasteiger partial charge is 0.508 e. The number of hydrogen-bond donors (Lipinski definition) is 2. The SMILES string of the molecule is Oc1ccc(-c2noc(-c3ccc(O)cc3)c2/C=C/c2ccc(C(F)(F)F)cc2)cc1. The lowest BCUT2D eigenvalue weighted by atomic mass is 10.0. The van der Waals surface area contributed by atoms with Crippen LogP contribution in [0.5, 0.6) is 11.5 Å². The van der Waals surface area contributed by atoms with Crippen LogP contribution in [0.15, 0.2) is 77.3 Å². The van der Waals surface area contributed by atoms with Crippen LogP contribution >= 0.6 is 0 Å². The Labute approximate surface area is 175 Å². The van der Waals surface area contributed by atoms with E-state index < -0.39 is 11.7 Å². The van der Waals surface area contributed by atoms with Crippen molar-refractivity contribution in [1.82, 2.24) is 5.16 Å². The van der Waals surface area contributed by atoms with Gasteiger partial charge in [-0.15, -0.1) is 0 Å². The van der Waals surface area contributed by atoms with Crippen LogP contribution in [0.3, 0.4) is 0 Å². The maximum atomic E-state index is 12.8. The molecule has 156 valence electrons. The van der Waals surface area contributed by atoms with Crippen LogP contribution in [0.1, 0.15) is 16.7 Å². The van der Waals surface area contributed by atoms with Crippen molar-refractivity contribution in [2.45, 2.75) is 6.18 Å². The van der Waals surface area contributed by atoms with Gasteiger partial charge in [0, 0.05) is 11.1 Å². The van der Waals surface area contributed by atoms with Crippen LogP contribution in [0.2, 0.25) is 0 Å². The Kier molecular flexibility index (Phi) is 5.25. The van der Waals surface area contributed by atoms with E-state index in [0.29, 0.717) is 33.7 Å². The van der Waals surface area contributed by atoms with Crippen LogP contribution < -0.4 is 0 Å². The van der Waals surface area contributed by atoms with Crippen molar-refractivity contribution in [2.75, 3.05) is 0 Å². The van der Waals surface area contributed by atoms with Gasteiger partial charge in [0.1, 0.15) is 17.2 Å². The fourth-order valence-electron chi connectivity index (χ4n) is 3.06. The summed E-state index contributed by atoms with van der Waals surface area (Å²) in [6.07, 6.45) is -1.02. The molecule has 0 aliphatic carbocycles. The van der Waals surface area contributed by atoms with E-state index in [9.17, 15) is 23.4 Å². The topological polar surface area (TPSA) is 66.5 Å². The third-order valence-corrected chi connectivity index (χ3v) is 4.68. The van der Waals surface area contributed by atoms with Crippen molar-refractivity contribution in [3.63, 3.8) is 0 Å². The zero-order valence-electron chi connectivity index (χ0n) is 16.0. The summed E-state index contributed by atoms with van der Waals surface area (Å²) in [4.78, 5) is 0. The summed E-state index contributed by atoms with van der Waals surface area (Å²) in [6.45, 7) is 0. The first-order valence-corrected chi connectivity index (χ1v) is 9.25. The van der Waals surface area contributed by atoms with Crippen LogP contribution in [-0.2, 0) is 6.18 Å². The van der Waals surface area contributed by atoms with Gasteiger partial charge in [0.25, 0.3) is 0 Å². The van der Waals surface area contributed by atoms with Gasteiger partial charge in [0.2, 0.25) is 0 Å². The quantitative estimate of drug-likeness (QED) is 0.388. The second-order valence-electron chi connectivity index (χ2n) is 6.82. The second kappa shape index (κ2) is 8.02. The predicted molar refractivity (Wildman–Crippen MR) is 111 cm³/mol. The van der Waals surface area contributed by atoms with E-state index in [1.54, 1.807) is 36.4 Å². The molecule has 0 fully saturated rings. The molecule has 0 saturated heterocycles. The van der Waals surface area contributed by atoms with E-state index in [0.717, 1.165) is 12.1 Å². The standard InChI is InChI=1S/C24H16F3NO3/c25-24(26,27)18-8-1-15(2-9-18)3-14-21-22(16-4-10-19(29)11-5-16)28-31-23(21)17-6-12-20(30)13-7-17/h1-14,29-30H/b14-3+. The number of benzene rings is 3. The molecule has 4 rings (SSSR count). The molecule has 7 heteroatoms. The van der Waals surface area contributed by atoms with Crippen molar-refractivity contribution < 1.29 is 27.9 Å². The molecule has 0 aliphatic heterocycles. The van der Waals surface area contributed by atoms with E-state index in [-0.39, 0.29) is 11.5 Å². The normalized spacial score (nSPS) is 11.8. The lowest BCUT2D eigenvalue weighted by Gasteiger charge is -2.06. The van der Waals surface area contributed by atoms with Gasteiger partial charge in [0.15, 0.2) is 5.76 Å². The van der Waals surface area contributed by atoms with E-state index >= 15 is 0 Å². The number of alkyl halides is 3. The summed E-state index contributed by atoms with van der Waals surface area (Å²) in [6, 6.07) is 17.6. The van der Waals surface area contributed by atoms with Crippen LogP contribution in [0.4, 0.5) is 13.2 Å². The highest BCUT2D eigenvalue weighted by Gasteiger charge is 2.29. The van der Waals surface area contributed by atoms with Crippen molar-refractivity contribution in [3.8, 4) is 34.1 Å². The zero-order valence-corrected chi connectivity index (χ0v) is 16.0. The average Bonchev–Trinajstić information content (AvgIpc) is 3.17. The van der Waals surface area contributed by atoms with Gasteiger partial charge in [0.05, 0.1) is 11.1 Å². The first-order chi connectivity index (χ1) is 14.8. The highest BCUT2D eigenvalue weighted by molar-refractivity contribution is 5.86. The highest BCUT2D eigenvalue weighted by atomic mass is 19.4. The molecule has 0 amide bonds. The number of halogens is 3. The summed E-state index contributed by atoms with van der Waals surface area (Å²) >= 11 is 0. The summed E-state index contributed by atoms with van der Waals surface area (Å²) in [7, 11) is 0. The molecule has 1 heterocycles. The molecule has 2 N–H and O–H groups in total. The Morgan fingerprint density at radius 1 is 0.710 bits per heavy atom. The first-order valence-electron chi connectivity index (χ1n) is 9.25. The van der Waals surface area contributed by atoms with Crippen LogP contribution in [0.25, 0.3) is 34.7 Å². The number of rotatable bonds is 4. The maximum absolute atomic E-state index is 12.8. The van der Waals surface area contributed by atoms with Crippen LogP contribution in [-0.4, -0.2) is 15.4 Å². The molecule has 0 saturated carbocycles. The third-order valence-electron chi connectivity index (χ3n) is 4.68. The average molecular weight is 423 g/mol. The number of aromatic hydroxyl groups is 2. The number of phenols is 2. The highest BCUT2D eigenvalue weighted by Crippen LogP contribution is 2.35.